The molecule has 1 aromatic rings. The van der Waals surface area contributed by atoms with Crippen molar-refractivity contribution in [3.8, 4) is 5.75 Å². The van der Waals surface area contributed by atoms with E-state index in [-0.39, 0.29) is 0 Å². The zero-order valence-electron chi connectivity index (χ0n) is 10.7. The second-order valence-corrected chi connectivity index (χ2v) is 4.67. The summed E-state index contributed by atoms with van der Waals surface area (Å²) in [6.45, 7) is 4.21. The largest absolute Gasteiger partial charge is 0.491 e. The van der Waals surface area contributed by atoms with E-state index in [1.165, 1.54) is 25.9 Å². The standard InChI is InChI=1S/C13H21N3O/c1-15(2)12-9-13(11-14-10-12)17-8-7-16-5-3-4-6-16/h9-11H,3-8H2,1-2H3. The third-order valence-electron chi connectivity index (χ3n) is 3.09. The van der Waals surface area contributed by atoms with Gasteiger partial charge in [0.2, 0.25) is 0 Å². The average molecular weight is 235 g/mol. The summed E-state index contributed by atoms with van der Waals surface area (Å²) in [6, 6.07) is 2.02. The molecule has 2 heterocycles. The molecular weight excluding hydrogens is 214 g/mol. The van der Waals surface area contributed by atoms with E-state index in [4.69, 9.17) is 4.74 Å². The van der Waals surface area contributed by atoms with Crippen LogP contribution >= 0.6 is 0 Å². The third kappa shape index (κ3) is 3.60. The highest BCUT2D eigenvalue weighted by Gasteiger charge is 2.10. The number of hydrogen-bond donors (Lipinski definition) is 0. The molecule has 17 heavy (non-hydrogen) atoms. The van der Waals surface area contributed by atoms with Crippen LogP contribution in [0.1, 0.15) is 12.8 Å². The Balaban J connectivity index is 1.79. The van der Waals surface area contributed by atoms with Gasteiger partial charge < -0.3 is 9.64 Å². The minimum absolute atomic E-state index is 0.749. The Morgan fingerprint density at radius 3 is 2.76 bits per heavy atom. The van der Waals surface area contributed by atoms with Gasteiger partial charge in [-0.1, -0.05) is 0 Å². The topological polar surface area (TPSA) is 28.6 Å². The molecule has 1 aliphatic rings. The third-order valence-corrected chi connectivity index (χ3v) is 3.09. The van der Waals surface area contributed by atoms with E-state index in [0.29, 0.717) is 0 Å². The van der Waals surface area contributed by atoms with E-state index >= 15 is 0 Å². The molecule has 4 nitrogen and oxygen atoms in total. The van der Waals surface area contributed by atoms with E-state index < -0.39 is 0 Å². The SMILES string of the molecule is CN(C)c1cncc(OCCN2CCCC2)c1. The molecular formula is C13H21N3O. The highest BCUT2D eigenvalue weighted by Crippen LogP contribution is 2.17. The van der Waals surface area contributed by atoms with E-state index in [9.17, 15) is 0 Å². The molecule has 0 spiro atoms. The van der Waals surface area contributed by atoms with Gasteiger partial charge in [0, 0.05) is 26.7 Å². The van der Waals surface area contributed by atoms with Gasteiger partial charge in [-0.15, -0.1) is 0 Å². The first-order chi connectivity index (χ1) is 8.25. The molecule has 0 bridgehead atoms. The van der Waals surface area contributed by atoms with E-state index in [2.05, 4.69) is 9.88 Å². The van der Waals surface area contributed by atoms with E-state index in [0.717, 1.165) is 24.6 Å². The summed E-state index contributed by atoms with van der Waals surface area (Å²) in [5.74, 6) is 0.857. The van der Waals surface area contributed by atoms with Crippen LogP contribution in [0.3, 0.4) is 0 Å². The van der Waals surface area contributed by atoms with Gasteiger partial charge in [0.05, 0.1) is 18.1 Å². The number of pyridine rings is 1. The fourth-order valence-corrected chi connectivity index (χ4v) is 2.03. The predicted octanol–water partition coefficient (Wildman–Crippen LogP) is 1.62. The summed E-state index contributed by atoms with van der Waals surface area (Å²) >= 11 is 0. The van der Waals surface area contributed by atoms with Crippen LogP contribution in [0, 0.1) is 0 Å². The Kier molecular flexibility index (Phi) is 4.20. The second-order valence-electron chi connectivity index (χ2n) is 4.67. The van der Waals surface area contributed by atoms with Gasteiger partial charge in [0.25, 0.3) is 0 Å². The van der Waals surface area contributed by atoms with Crippen molar-refractivity contribution in [2.45, 2.75) is 12.8 Å². The summed E-state index contributed by atoms with van der Waals surface area (Å²) < 4.78 is 5.73. The minimum atomic E-state index is 0.749. The normalized spacial score (nSPS) is 16.1. The lowest BCUT2D eigenvalue weighted by Gasteiger charge is -2.16. The average Bonchev–Trinajstić information content (AvgIpc) is 2.82. The molecule has 1 aromatic heterocycles. The van der Waals surface area contributed by atoms with Crippen LogP contribution < -0.4 is 9.64 Å². The van der Waals surface area contributed by atoms with Crippen LogP contribution in [0.5, 0.6) is 5.75 Å². The van der Waals surface area contributed by atoms with Crippen molar-refractivity contribution in [1.29, 1.82) is 0 Å². The summed E-state index contributed by atoms with van der Waals surface area (Å²) in [5, 5.41) is 0. The number of anilines is 1. The van der Waals surface area contributed by atoms with Crippen molar-refractivity contribution >= 4 is 5.69 Å². The first-order valence-electron chi connectivity index (χ1n) is 6.23. The van der Waals surface area contributed by atoms with Gasteiger partial charge in [0.1, 0.15) is 12.4 Å². The molecule has 0 aliphatic carbocycles. The zero-order chi connectivity index (χ0) is 12.1. The van der Waals surface area contributed by atoms with Gasteiger partial charge in [-0.2, -0.15) is 0 Å². The smallest absolute Gasteiger partial charge is 0.139 e. The van der Waals surface area contributed by atoms with Crippen LogP contribution in [-0.2, 0) is 0 Å². The molecule has 0 atom stereocenters. The van der Waals surface area contributed by atoms with Gasteiger partial charge in [-0.05, 0) is 25.9 Å². The van der Waals surface area contributed by atoms with E-state index in [1.54, 1.807) is 6.20 Å². The Hall–Kier alpha value is -1.29. The fraction of sp³-hybridized carbons (Fsp3) is 0.615. The summed E-state index contributed by atoms with van der Waals surface area (Å²) in [5.41, 5.74) is 1.07. The molecule has 0 saturated carbocycles. The van der Waals surface area contributed by atoms with E-state index in [1.807, 2.05) is 31.3 Å². The first-order valence-corrected chi connectivity index (χ1v) is 6.23. The molecule has 0 N–H and O–H groups in total. The summed E-state index contributed by atoms with van der Waals surface area (Å²) in [4.78, 5) is 8.65. The number of nitrogens with zero attached hydrogens (tertiary/aromatic N) is 3. The van der Waals surface area contributed by atoms with Gasteiger partial charge in [-0.25, -0.2) is 0 Å². The molecule has 1 fully saturated rings. The summed E-state index contributed by atoms with van der Waals surface area (Å²) in [6.07, 6.45) is 6.28. The van der Waals surface area contributed by atoms with Crippen molar-refractivity contribution in [1.82, 2.24) is 9.88 Å². The molecule has 0 unspecified atom stereocenters. The lowest BCUT2D eigenvalue weighted by atomic mass is 10.4. The quantitative estimate of drug-likeness (QED) is 0.775. The monoisotopic (exact) mass is 235 g/mol. The van der Waals surface area contributed by atoms with Crippen molar-refractivity contribution in [2.24, 2.45) is 0 Å². The Morgan fingerprint density at radius 2 is 2.06 bits per heavy atom. The molecule has 4 heteroatoms. The predicted molar refractivity (Wildman–Crippen MR) is 69.7 cm³/mol. The summed E-state index contributed by atoms with van der Waals surface area (Å²) in [7, 11) is 4.01. The van der Waals surface area contributed by atoms with Crippen molar-refractivity contribution < 1.29 is 4.74 Å². The minimum Gasteiger partial charge on any atom is -0.491 e. The van der Waals surface area contributed by atoms with Crippen LogP contribution in [-0.4, -0.2) is 50.2 Å². The number of ether oxygens (including phenoxy) is 1. The van der Waals surface area contributed by atoms with Crippen LogP contribution in [0.25, 0.3) is 0 Å². The van der Waals surface area contributed by atoms with Crippen molar-refractivity contribution in [3.05, 3.63) is 18.5 Å². The molecule has 1 saturated heterocycles. The number of aromatic nitrogens is 1. The van der Waals surface area contributed by atoms with Crippen molar-refractivity contribution in [2.75, 3.05) is 45.2 Å². The second kappa shape index (κ2) is 5.87. The fourth-order valence-electron chi connectivity index (χ4n) is 2.03. The highest BCUT2D eigenvalue weighted by molar-refractivity contribution is 5.46. The van der Waals surface area contributed by atoms with Gasteiger partial charge >= 0.3 is 0 Å². The van der Waals surface area contributed by atoms with Gasteiger partial charge in [0.15, 0.2) is 0 Å². The van der Waals surface area contributed by atoms with Crippen LogP contribution in [0.15, 0.2) is 18.5 Å². The molecule has 1 aliphatic heterocycles. The highest BCUT2D eigenvalue weighted by atomic mass is 16.5. The number of hydrogen-bond acceptors (Lipinski definition) is 4. The zero-order valence-corrected chi connectivity index (χ0v) is 10.7. The first kappa shape index (κ1) is 12.2. The molecule has 0 amide bonds. The lowest BCUT2D eigenvalue weighted by molar-refractivity contribution is 0.237. The molecule has 94 valence electrons. The van der Waals surface area contributed by atoms with Crippen molar-refractivity contribution in [3.63, 3.8) is 0 Å². The molecule has 0 radical (unpaired) electrons. The number of rotatable bonds is 5. The van der Waals surface area contributed by atoms with Crippen LogP contribution in [0.2, 0.25) is 0 Å². The molecule has 0 aromatic carbocycles. The Morgan fingerprint density at radius 1 is 1.29 bits per heavy atom. The van der Waals surface area contributed by atoms with Gasteiger partial charge in [-0.3, -0.25) is 9.88 Å². The maximum atomic E-state index is 5.73. The van der Waals surface area contributed by atoms with Crippen LogP contribution in [0.4, 0.5) is 5.69 Å². The maximum Gasteiger partial charge on any atom is 0.139 e. The Bertz CT molecular complexity index is 348. The Labute approximate surface area is 103 Å². The lowest BCUT2D eigenvalue weighted by Crippen LogP contribution is -2.25. The maximum absolute atomic E-state index is 5.73. The molecule has 2 rings (SSSR count). The number of likely N-dealkylation sites (tertiary alicyclic amines) is 1.